The van der Waals surface area contributed by atoms with Gasteiger partial charge in [0.25, 0.3) is 35.4 Å². The lowest BCUT2D eigenvalue weighted by molar-refractivity contribution is -0.127. The lowest BCUT2D eigenvalue weighted by Gasteiger charge is -2.25. The molecular weight excluding hydrogens is 1080 g/mol. The molecule has 2 heterocycles. The fourth-order valence-electron chi connectivity index (χ4n) is 8.00. The maximum absolute atomic E-state index is 13.8. The number of halogens is 3. The predicted octanol–water partition coefficient (Wildman–Crippen LogP) is 1.54. The van der Waals surface area contributed by atoms with Crippen molar-refractivity contribution < 1.29 is 72.5 Å². The maximum Gasteiger partial charge on any atom is 0.253 e. The molecule has 4 aromatic carbocycles. The van der Waals surface area contributed by atoms with E-state index in [-0.39, 0.29) is 98.7 Å². The third-order valence-electron chi connectivity index (χ3n) is 11.6. The van der Waals surface area contributed by atoms with Crippen LogP contribution in [0.3, 0.4) is 0 Å². The van der Waals surface area contributed by atoms with Gasteiger partial charge in [-0.15, -0.1) is 0 Å². The van der Waals surface area contributed by atoms with Crippen molar-refractivity contribution in [3.05, 3.63) is 105 Å². The van der Waals surface area contributed by atoms with Crippen LogP contribution < -0.4 is 46.6 Å². The van der Waals surface area contributed by atoms with Gasteiger partial charge in [-0.1, -0.05) is 59.1 Å². The molecule has 8 N–H and O–H groups in total. The number of carbonyl (C=O) groups excluding carboxylic acids is 12. The molecule has 27 heteroatoms. The van der Waals surface area contributed by atoms with E-state index in [1.54, 1.807) is 30.3 Å². The van der Waals surface area contributed by atoms with Crippen molar-refractivity contribution in [1.82, 2.24) is 21.3 Å². The lowest BCUT2D eigenvalue weighted by Crippen LogP contribution is -2.55. The van der Waals surface area contributed by atoms with Crippen LogP contribution in [0.25, 0.3) is 0 Å². The molecule has 2 aliphatic heterocycles. The molecule has 0 saturated carbocycles. The Morgan fingerprint density at radius 3 is 1.46 bits per heavy atom. The number of nitrogens with zero attached hydrogens (tertiary/aromatic N) is 4. The van der Waals surface area contributed by atoms with E-state index in [9.17, 15) is 67.7 Å². The summed E-state index contributed by atoms with van der Waals surface area (Å²) in [6, 6.07) is 14.1. The molecule has 0 spiro atoms. The second-order valence-corrected chi connectivity index (χ2v) is 18.7. The fourth-order valence-corrected chi connectivity index (χ4v) is 8.67. The molecule has 412 valence electrons. The highest BCUT2D eigenvalue weighted by molar-refractivity contribution is 6.37. The summed E-state index contributed by atoms with van der Waals surface area (Å²) in [5.74, 6) is -6.78. The number of nitrogens with two attached hydrogens (primary N) is 1. The lowest BCUT2D eigenvalue weighted by atomic mass is 10.1. The molecule has 24 nitrogen and oxygen atoms in total. The summed E-state index contributed by atoms with van der Waals surface area (Å²) in [7, 11) is 1.32. The number of aliphatic hydroxyl groups excluding tert-OH is 1. The number of nitrogen functional groups attached to an aromatic ring is 1. The van der Waals surface area contributed by atoms with Gasteiger partial charge in [0.2, 0.25) is 11.8 Å². The summed E-state index contributed by atoms with van der Waals surface area (Å²) in [6.45, 7) is -0.503. The third kappa shape index (κ3) is 15.4. The Kier molecular flexibility index (Phi) is 21.5. The fraction of sp³-hybridized carbons (Fsp3) is 0.294. The van der Waals surface area contributed by atoms with Crippen LogP contribution in [0.2, 0.25) is 15.1 Å². The first-order valence-electron chi connectivity index (χ1n) is 23.4. The smallest absolute Gasteiger partial charge is 0.253 e. The highest BCUT2D eigenvalue weighted by atomic mass is 35.5. The number of hydrogen-bond acceptors (Lipinski definition) is 16. The van der Waals surface area contributed by atoms with Crippen LogP contribution in [0, 0.1) is 0 Å². The number of nitrogens with one attached hydrogen (secondary N) is 4. The molecule has 0 saturated heterocycles. The van der Waals surface area contributed by atoms with Crippen LogP contribution in [0.1, 0.15) is 47.4 Å². The first-order valence-corrected chi connectivity index (χ1v) is 24.5. The number of para-hydroxylation sites is 4. The molecule has 0 radical (unpaired) electrons. The zero-order valence-electron chi connectivity index (χ0n) is 41.8. The predicted molar refractivity (Wildman–Crippen MR) is 284 cm³/mol. The highest BCUT2D eigenvalue weighted by Crippen LogP contribution is 2.36. The molecule has 8 amide bonds. The van der Waals surface area contributed by atoms with Gasteiger partial charge in [0.05, 0.1) is 68.7 Å². The van der Waals surface area contributed by atoms with Gasteiger partial charge in [0.1, 0.15) is 62.5 Å². The van der Waals surface area contributed by atoms with Gasteiger partial charge in [-0.2, -0.15) is 0 Å². The molecule has 4 atom stereocenters. The Hall–Kier alpha value is -8.29. The van der Waals surface area contributed by atoms with Crippen molar-refractivity contribution in [1.29, 1.82) is 0 Å². The number of anilines is 5. The van der Waals surface area contributed by atoms with E-state index in [0.717, 1.165) is 26.8 Å². The minimum absolute atomic E-state index is 0.0699. The molecule has 4 aromatic rings. The van der Waals surface area contributed by atoms with E-state index < -0.39 is 96.9 Å². The Labute approximate surface area is 460 Å². The average molecular weight is 1140 g/mol. The van der Waals surface area contributed by atoms with E-state index >= 15 is 0 Å². The van der Waals surface area contributed by atoms with Gasteiger partial charge in [-0.05, 0) is 68.4 Å². The second-order valence-electron chi connectivity index (χ2n) is 17.4. The zero-order chi connectivity index (χ0) is 57.5. The topological polar surface area (TPSA) is 342 Å². The number of Topliss-reactive ketones (excluding diaryl/α,β-unsaturated/α-hetero) is 2. The van der Waals surface area contributed by atoms with Gasteiger partial charge in [-0.25, -0.2) is 0 Å². The third-order valence-corrected chi connectivity index (χ3v) is 12.5. The van der Waals surface area contributed by atoms with Gasteiger partial charge in [0, 0.05) is 31.1 Å². The van der Waals surface area contributed by atoms with Gasteiger partial charge >= 0.3 is 0 Å². The minimum Gasteiger partial charge on any atom is -0.505 e. The quantitative estimate of drug-likeness (QED) is 0.0517. The van der Waals surface area contributed by atoms with E-state index in [1.165, 1.54) is 62.3 Å². The summed E-state index contributed by atoms with van der Waals surface area (Å²) in [5.41, 5.74) is 6.82. The number of carbonyl (C=O) groups is 12. The van der Waals surface area contributed by atoms with E-state index in [1.807, 2.05) is 0 Å². The number of phenols is 1. The van der Waals surface area contributed by atoms with Crippen molar-refractivity contribution in [2.75, 3.05) is 71.8 Å². The minimum atomic E-state index is -1.36. The van der Waals surface area contributed by atoms with Crippen molar-refractivity contribution in [3.8, 4) is 5.75 Å². The van der Waals surface area contributed by atoms with E-state index in [0.29, 0.717) is 12.6 Å². The number of ketones is 2. The van der Waals surface area contributed by atoms with Crippen LogP contribution in [-0.4, -0.2) is 152 Å². The number of hydrogen-bond donors (Lipinski definition) is 7. The summed E-state index contributed by atoms with van der Waals surface area (Å²) in [5, 5.41) is 29.0. The number of aldehydes is 2. The molecule has 6 rings (SSSR count). The summed E-state index contributed by atoms with van der Waals surface area (Å²) < 4.78 is 4.99. The molecule has 0 fully saturated rings. The number of aromatic hydroxyl groups is 1. The van der Waals surface area contributed by atoms with Crippen molar-refractivity contribution >= 4 is 135 Å². The van der Waals surface area contributed by atoms with Gasteiger partial charge < -0.3 is 61.3 Å². The SMILES string of the molecule is CC(=O)C[C@@H](C=O)NC(=O)CN1C(=O)[C@@H](NC(=O)c2ccc(N)c(Cl)c2)CN(C(=O)CO)c2ccccc21.COCC(=O)N1C[C@H](NC(=O)c2cc(Cl)c(O)c(Cl)c2)C(=O)N(CC(=O)N[C@H](C=O)CC(C)=O)c2ccccc21. The second kappa shape index (κ2) is 27.7. The number of phenolic OH excluding ortho intramolecular Hbond substituents is 1. The number of ether oxygens (including phenoxy) is 1. The van der Waals surface area contributed by atoms with E-state index in [2.05, 4.69) is 21.3 Å². The molecule has 0 unspecified atom stereocenters. The maximum atomic E-state index is 13.8. The van der Waals surface area contributed by atoms with Crippen LogP contribution in [0.4, 0.5) is 28.4 Å². The van der Waals surface area contributed by atoms with Crippen LogP contribution in [-0.2, 0) is 52.7 Å². The molecular formula is C51H52Cl3N9O15. The van der Waals surface area contributed by atoms with Crippen molar-refractivity contribution in [3.63, 3.8) is 0 Å². The monoisotopic (exact) mass is 1140 g/mol. The number of amides is 8. The molecule has 78 heavy (non-hydrogen) atoms. The highest BCUT2D eigenvalue weighted by Gasteiger charge is 2.40. The van der Waals surface area contributed by atoms with Gasteiger partial charge in [0.15, 0.2) is 5.75 Å². The Morgan fingerprint density at radius 2 is 1.06 bits per heavy atom. The molecule has 0 aromatic heterocycles. The molecule has 2 aliphatic rings. The van der Waals surface area contributed by atoms with Crippen LogP contribution in [0.5, 0.6) is 5.75 Å². The van der Waals surface area contributed by atoms with E-state index in [4.69, 9.17) is 45.3 Å². The zero-order valence-corrected chi connectivity index (χ0v) is 44.1. The largest absolute Gasteiger partial charge is 0.505 e. The Bertz CT molecular complexity index is 3010. The average Bonchev–Trinajstić information content (AvgIpc) is 3.59. The normalized spacial score (nSPS) is 15.6. The van der Waals surface area contributed by atoms with Crippen molar-refractivity contribution in [2.45, 2.75) is 50.9 Å². The van der Waals surface area contributed by atoms with Crippen molar-refractivity contribution in [2.24, 2.45) is 0 Å². The number of rotatable bonds is 19. The first-order chi connectivity index (χ1) is 37.0. The van der Waals surface area contributed by atoms with Gasteiger partial charge in [-0.3, -0.25) is 57.7 Å². The number of methoxy groups -OCH3 is 1. The number of fused-ring (bicyclic) bond motifs is 2. The molecule has 0 bridgehead atoms. The Morgan fingerprint density at radius 1 is 0.654 bits per heavy atom. The summed E-state index contributed by atoms with van der Waals surface area (Å²) >= 11 is 17.9. The van der Waals surface area contributed by atoms with Crippen LogP contribution >= 0.6 is 34.8 Å². The summed E-state index contributed by atoms with van der Waals surface area (Å²) in [4.78, 5) is 155. The van der Waals surface area contributed by atoms with Crippen LogP contribution in [0.15, 0.2) is 78.9 Å². The first kappa shape index (κ1) is 60.6. The Balaban J connectivity index is 0.000000288. The molecule has 0 aliphatic carbocycles. The number of benzene rings is 4. The number of aliphatic hydroxyl groups is 1. The summed E-state index contributed by atoms with van der Waals surface area (Å²) in [6.07, 6.45) is 0.385. The standard InChI is InChI=1S/C26H26Cl2N4O8.C25H26ClN5O7/c1-14(34)7-16(12-33)29-22(35)11-32-21-6-4-3-5-20(21)31(23(36)13-40-2)10-19(26(32)39)30-25(38)15-8-17(27)24(37)18(28)9-15;1-14(34)8-16(12-32)28-22(35)11-31-21-5-3-2-4-20(21)30(23(36)13-33)10-19(25(31)38)29-24(37)15-6-7-18(27)17(26)9-15/h3-6,8-9,12,16,19,37H,7,10-11,13H2,1-2H3,(H,29,35)(H,30,38);2-7,9,12,16,19,33H,8,10-11,13,27H2,1H3,(H,28,35)(H,29,37)/t2*16-,19-/m00/s1.